The quantitative estimate of drug-likeness (QED) is 0.459. The van der Waals surface area contributed by atoms with Gasteiger partial charge in [0.2, 0.25) is 0 Å². The molecular formula is C21H32N4O2. The molecule has 0 aliphatic carbocycles. The number of anilines is 1. The van der Waals surface area contributed by atoms with Gasteiger partial charge in [-0.3, -0.25) is 4.99 Å². The van der Waals surface area contributed by atoms with Crippen molar-refractivity contribution < 1.29 is 9.47 Å². The number of likely N-dealkylation sites (tertiary alicyclic amines) is 1. The lowest BCUT2D eigenvalue weighted by Crippen LogP contribution is -2.21. The first kappa shape index (κ1) is 20.8. The van der Waals surface area contributed by atoms with Crippen LogP contribution in [0.25, 0.3) is 0 Å². The molecule has 148 valence electrons. The summed E-state index contributed by atoms with van der Waals surface area (Å²) in [5.41, 5.74) is 2.61. The zero-order chi connectivity index (χ0) is 19.5. The SMILES string of the molecule is C=C(/C=N\C=C(/C)Nc1ccc(OC)c(OCCCN2CCCC2)c1)NC. The van der Waals surface area contributed by atoms with Crippen molar-refractivity contribution in [1.82, 2.24) is 10.2 Å². The highest BCUT2D eigenvalue weighted by Crippen LogP contribution is 2.30. The summed E-state index contributed by atoms with van der Waals surface area (Å²) in [5, 5.41) is 6.24. The Kier molecular flexibility index (Phi) is 8.71. The molecule has 1 heterocycles. The maximum absolute atomic E-state index is 5.98. The molecule has 0 unspecified atom stereocenters. The van der Waals surface area contributed by atoms with Crippen molar-refractivity contribution in [3.8, 4) is 11.5 Å². The summed E-state index contributed by atoms with van der Waals surface area (Å²) in [5.74, 6) is 1.50. The van der Waals surface area contributed by atoms with Crippen LogP contribution in [0.2, 0.25) is 0 Å². The second-order valence-electron chi connectivity index (χ2n) is 6.61. The summed E-state index contributed by atoms with van der Waals surface area (Å²) in [7, 11) is 3.47. The highest BCUT2D eigenvalue weighted by atomic mass is 16.5. The summed E-state index contributed by atoms with van der Waals surface area (Å²) in [4.78, 5) is 6.72. The lowest BCUT2D eigenvalue weighted by Gasteiger charge is -2.16. The highest BCUT2D eigenvalue weighted by Gasteiger charge is 2.11. The average molecular weight is 373 g/mol. The molecule has 1 fully saturated rings. The number of benzene rings is 1. The Morgan fingerprint density at radius 1 is 1.30 bits per heavy atom. The molecule has 1 aromatic carbocycles. The van der Waals surface area contributed by atoms with Crippen LogP contribution < -0.4 is 20.1 Å². The van der Waals surface area contributed by atoms with Crippen LogP contribution in [0.15, 0.2) is 47.4 Å². The summed E-state index contributed by atoms with van der Waals surface area (Å²) in [6.45, 7) is 9.98. The van der Waals surface area contributed by atoms with Crippen LogP contribution in [0.3, 0.4) is 0 Å². The molecule has 0 bridgehead atoms. The van der Waals surface area contributed by atoms with E-state index in [1.165, 1.54) is 25.9 Å². The Bertz CT molecular complexity index is 664. The van der Waals surface area contributed by atoms with Gasteiger partial charge in [0.15, 0.2) is 11.5 Å². The molecule has 1 aromatic rings. The third kappa shape index (κ3) is 7.35. The summed E-state index contributed by atoms with van der Waals surface area (Å²) < 4.78 is 11.4. The zero-order valence-electron chi connectivity index (χ0n) is 16.8. The van der Waals surface area contributed by atoms with E-state index in [9.17, 15) is 0 Å². The summed E-state index contributed by atoms with van der Waals surface area (Å²) in [6, 6.07) is 5.84. The molecule has 2 rings (SSSR count). The fourth-order valence-corrected chi connectivity index (χ4v) is 2.91. The normalized spacial score (nSPS) is 15.1. The fraction of sp³-hybridized carbons (Fsp3) is 0.476. The van der Waals surface area contributed by atoms with E-state index in [0.29, 0.717) is 6.61 Å². The molecule has 6 nitrogen and oxygen atoms in total. The molecule has 0 spiro atoms. The van der Waals surface area contributed by atoms with Crippen LogP contribution in [0.1, 0.15) is 26.2 Å². The predicted molar refractivity (Wildman–Crippen MR) is 113 cm³/mol. The lowest BCUT2D eigenvalue weighted by atomic mass is 10.2. The van der Waals surface area contributed by atoms with Gasteiger partial charge in [-0.1, -0.05) is 6.58 Å². The van der Waals surface area contributed by atoms with Gasteiger partial charge < -0.3 is 25.0 Å². The minimum absolute atomic E-state index is 0.682. The first-order chi connectivity index (χ1) is 13.1. The standard InChI is InChI=1S/C21H32N4O2/c1-17(22-3)15-23-16-18(2)24-19-8-9-20(26-4)21(14-19)27-13-7-12-25-10-5-6-11-25/h8-9,14-16,22,24H,1,5-7,10-13H2,2-4H3/b18-16+,23-15-. The number of hydrogen-bond acceptors (Lipinski definition) is 6. The van der Waals surface area contributed by atoms with Gasteiger partial charge in [-0.2, -0.15) is 0 Å². The van der Waals surface area contributed by atoms with Crippen molar-refractivity contribution in [2.45, 2.75) is 26.2 Å². The Balaban J connectivity index is 1.89. The van der Waals surface area contributed by atoms with Crippen molar-refractivity contribution in [2.24, 2.45) is 4.99 Å². The first-order valence-corrected chi connectivity index (χ1v) is 9.49. The van der Waals surface area contributed by atoms with Crippen LogP contribution in [0, 0.1) is 0 Å². The van der Waals surface area contributed by atoms with Crippen LogP contribution in [-0.4, -0.2) is 51.5 Å². The second-order valence-corrected chi connectivity index (χ2v) is 6.61. The topological polar surface area (TPSA) is 58.1 Å². The highest BCUT2D eigenvalue weighted by molar-refractivity contribution is 5.77. The van der Waals surface area contributed by atoms with Crippen LogP contribution >= 0.6 is 0 Å². The average Bonchev–Trinajstić information content (AvgIpc) is 3.18. The van der Waals surface area contributed by atoms with Crippen molar-refractivity contribution in [1.29, 1.82) is 0 Å². The van der Waals surface area contributed by atoms with E-state index in [-0.39, 0.29) is 0 Å². The molecule has 0 amide bonds. The molecule has 1 aliphatic rings. The van der Waals surface area contributed by atoms with Gasteiger partial charge in [0.25, 0.3) is 0 Å². The Labute approximate surface area is 163 Å². The van der Waals surface area contributed by atoms with Gasteiger partial charge in [0.1, 0.15) is 0 Å². The largest absolute Gasteiger partial charge is 0.493 e. The number of methoxy groups -OCH3 is 1. The number of rotatable bonds is 11. The van der Waals surface area contributed by atoms with E-state index in [0.717, 1.165) is 41.5 Å². The third-order valence-electron chi connectivity index (χ3n) is 4.40. The smallest absolute Gasteiger partial charge is 0.163 e. The molecule has 1 saturated heterocycles. The molecule has 0 atom stereocenters. The van der Waals surface area contributed by atoms with Crippen LogP contribution in [-0.2, 0) is 0 Å². The minimum Gasteiger partial charge on any atom is -0.493 e. The van der Waals surface area contributed by atoms with E-state index in [1.807, 2.05) is 32.2 Å². The maximum atomic E-state index is 5.98. The zero-order valence-corrected chi connectivity index (χ0v) is 16.8. The van der Waals surface area contributed by atoms with Gasteiger partial charge in [0, 0.05) is 49.2 Å². The fourth-order valence-electron chi connectivity index (χ4n) is 2.91. The Morgan fingerprint density at radius 3 is 2.78 bits per heavy atom. The number of ether oxygens (including phenoxy) is 2. The van der Waals surface area contributed by atoms with Crippen molar-refractivity contribution in [2.75, 3.05) is 45.7 Å². The van der Waals surface area contributed by atoms with E-state index in [4.69, 9.17) is 9.47 Å². The van der Waals surface area contributed by atoms with E-state index >= 15 is 0 Å². The first-order valence-electron chi connectivity index (χ1n) is 9.49. The van der Waals surface area contributed by atoms with Gasteiger partial charge in [-0.05, 0) is 51.4 Å². The van der Waals surface area contributed by atoms with Crippen LogP contribution in [0.4, 0.5) is 5.69 Å². The number of allylic oxidation sites excluding steroid dienone is 2. The summed E-state index contributed by atoms with van der Waals surface area (Å²) in [6.07, 6.45) is 7.09. The molecule has 2 N–H and O–H groups in total. The van der Waals surface area contributed by atoms with Gasteiger partial charge in [-0.25, -0.2) is 0 Å². The van der Waals surface area contributed by atoms with Gasteiger partial charge in [0.05, 0.1) is 13.7 Å². The second kappa shape index (κ2) is 11.3. The van der Waals surface area contributed by atoms with E-state index in [2.05, 4.69) is 27.1 Å². The Morgan fingerprint density at radius 2 is 2.07 bits per heavy atom. The third-order valence-corrected chi connectivity index (χ3v) is 4.40. The van der Waals surface area contributed by atoms with Crippen molar-refractivity contribution >= 4 is 11.9 Å². The monoisotopic (exact) mass is 372 g/mol. The lowest BCUT2D eigenvalue weighted by molar-refractivity contribution is 0.254. The maximum Gasteiger partial charge on any atom is 0.163 e. The van der Waals surface area contributed by atoms with Gasteiger partial charge in [-0.15, -0.1) is 0 Å². The Hall–Kier alpha value is -2.47. The molecule has 6 heteroatoms. The van der Waals surface area contributed by atoms with Gasteiger partial charge >= 0.3 is 0 Å². The number of nitrogens with zero attached hydrogens (tertiary/aromatic N) is 2. The summed E-state index contributed by atoms with van der Waals surface area (Å²) >= 11 is 0. The molecule has 0 saturated carbocycles. The van der Waals surface area contributed by atoms with E-state index < -0.39 is 0 Å². The number of hydrogen-bond donors (Lipinski definition) is 2. The molecule has 27 heavy (non-hydrogen) atoms. The molecular weight excluding hydrogens is 340 g/mol. The minimum atomic E-state index is 0.682. The number of nitrogens with one attached hydrogen (secondary N) is 2. The van der Waals surface area contributed by atoms with E-state index in [1.54, 1.807) is 19.5 Å². The van der Waals surface area contributed by atoms with Crippen LogP contribution in [0.5, 0.6) is 11.5 Å². The molecule has 0 radical (unpaired) electrons. The molecule has 0 aromatic heterocycles. The van der Waals surface area contributed by atoms with Crippen molar-refractivity contribution in [3.63, 3.8) is 0 Å². The predicted octanol–water partition coefficient (Wildman–Crippen LogP) is 3.64. The number of aliphatic imine (C=N–C) groups is 1. The molecule has 1 aliphatic heterocycles. The van der Waals surface area contributed by atoms with Crippen molar-refractivity contribution in [3.05, 3.63) is 42.4 Å².